The molecule has 3 heterocycles. The van der Waals surface area contributed by atoms with E-state index in [2.05, 4.69) is 68.7 Å². The van der Waals surface area contributed by atoms with Gasteiger partial charge in [0.1, 0.15) is 11.6 Å². The van der Waals surface area contributed by atoms with Gasteiger partial charge < -0.3 is 30.1 Å². The third kappa shape index (κ3) is 6.23. The molecule has 2 saturated heterocycles. The number of hydrogen-bond donors (Lipinski definition) is 2. The van der Waals surface area contributed by atoms with Crippen molar-refractivity contribution in [3.63, 3.8) is 0 Å². The maximum atomic E-state index is 5.45. The number of piperazine rings is 1. The van der Waals surface area contributed by atoms with Crippen LogP contribution in [0.4, 0.5) is 23.3 Å². The Bertz CT molecular complexity index is 905. The number of benzene rings is 1. The third-order valence-corrected chi connectivity index (χ3v) is 6.58. The van der Waals surface area contributed by atoms with Crippen molar-refractivity contribution in [2.75, 3.05) is 73.0 Å². The molecule has 0 amide bonds. The Morgan fingerprint density at radius 3 is 2.48 bits per heavy atom. The van der Waals surface area contributed by atoms with Crippen LogP contribution in [0, 0.1) is 0 Å². The fourth-order valence-electron chi connectivity index (χ4n) is 4.47. The number of aromatic nitrogens is 2. The molecule has 2 aliphatic rings. The number of thiocarbonyl (C=S) groups is 1. The molecule has 1 aromatic carbocycles. The van der Waals surface area contributed by atoms with Gasteiger partial charge >= 0.3 is 0 Å². The number of methoxy groups -OCH3 is 1. The Morgan fingerprint density at radius 1 is 1.03 bits per heavy atom. The Kier molecular flexibility index (Phi) is 8.17. The highest BCUT2D eigenvalue weighted by molar-refractivity contribution is 7.80. The van der Waals surface area contributed by atoms with Crippen LogP contribution >= 0.6 is 12.2 Å². The zero-order valence-electron chi connectivity index (χ0n) is 19.7. The maximum absolute atomic E-state index is 5.45. The molecule has 33 heavy (non-hydrogen) atoms. The number of nitrogens with zero attached hydrogens (tertiary/aromatic N) is 5. The molecule has 0 saturated carbocycles. The molecule has 9 heteroatoms. The second-order valence-electron chi connectivity index (χ2n) is 8.63. The minimum Gasteiger partial charge on any atom is -0.383 e. The average molecular weight is 470 g/mol. The lowest BCUT2D eigenvalue weighted by molar-refractivity contribution is 0.204. The minimum atomic E-state index is 0.469. The summed E-state index contributed by atoms with van der Waals surface area (Å²) in [4.78, 5) is 16.9. The number of anilines is 4. The van der Waals surface area contributed by atoms with Crippen molar-refractivity contribution in [3.05, 3.63) is 36.4 Å². The Labute approximate surface area is 202 Å². The normalized spacial score (nSPS) is 18.8. The van der Waals surface area contributed by atoms with Crippen molar-refractivity contribution >= 4 is 40.6 Å². The molecule has 0 aliphatic carbocycles. The summed E-state index contributed by atoms with van der Waals surface area (Å²) >= 11 is 5.45. The van der Waals surface area contributed by atoms with E-state index in [0.717, 1.165) is 44.4 Å². The fraction of sp³-hybridized carbons (Fsp3) is 0.542. The molecule has 1 aromatic heterocycles. The summed E-state index contributed by atoms with van der Waals surface area (Å²) < 4.78 is 5.09. The van der Waals surface area contributed by atoms with Crippen molar-refractivity contribution in [2.24, 2.45) is 0 Å². The quantitative estimate of drug-likeness (QED) is 0.470. The van der Waals surface area contributed by atoms with Gasteiger partial charge in [0, 0.05) is 64.2 Å². The SMILES string of the molecule is COCCNC(=S)Nc1nc(N2CCN(c3ccccc3)CC2)cc(N2CCCC[C@H]2C)n1. The standard InChI is InChI=1S/C24H35N7OS/c1-19-8-6-7-12-31(19)22-18-21(26-23(27-22)28-24(33)25-11-17-32-2)30-15-13-29(14-16-30)20-9-4-3-5-10-20/h3-5,9-10,18-19H,6-8,11-17H2,1-2H3,(H2,25,26,27,28,33)/t19-/m1/s1. The highest BCUT2D eigenvalue weighted by Crippen LogP contribution is 2.28. The topological polar surface area (TPSA) is 68.8 Å². The Balaban J connectivity index is 1.51. The van der Waals surface area contributed by atoms with E-state index in [1.165, 1.54) is 24.9 Å². The van der Waals surface area contributed by atoms with Crippen molar-refractivity contribution in [1.29, 1.82) is 0 Å². The Morgan fingerprint density at radius 2 is 1.76 bits per heavy atom. The first-order valence-electron chi connectivity index (χ1n) is 11.9. The van der Waals surface area contributed by atoms with Crippen LogP contribution in [-0.4, -0.2) is 74.1 Å². The summed E-state index contributed by atoms with van der Waals surface area (Å²) in [5, 5.41) is 6.84. The van der Waals surface area contributed by atoms with Crippen LogP contribution in [0.1, 0.15) is 26.2 Å². The van der Waals surface area contributed by atoms with Crippen molar-refractivity contribution in [3.8, 4) is 0 Å². The number of piperidine rings is 1. The van der Waals surface area contributed by atoms with Crippen LogP contribution in [0.15, 0.2) is 36.4 Å². The molecule has 178 valence electrons. The molecule has 8 nitrogen and oxygen atoms in total. The number of hydrogen-bond acceptors (Lipinski definition) is 7. The van der Waals surface area contributed by atoms with Gasteiger partial charge in [0.15, 0.2) is 5.11 Å². The molecule has 1 atom stereocenters. The molecular weight excluding hydrogens is 434 g/mol. The second-order valence-corrected chi connectivity index (χ2v) is 9.04. The van der Waals surface area contributed by atoms with Gasteiger partial charge in [-0.3, -0.25) is 0 Å². The molecule has 0 bridgehead atoms. The number of rotatable bonds is 7. The van der Waals surface area contributed by atoms with Gasteiger partial charge in [0.25, 0.3) is 0 Å². The van der Waals surface area contributed by atoms with Gasteiger partial charge in [-0.25, -0.2) is 0 Å². The molecule has 0 unspecified atom stereocenters. The summed E-state index contributed by atoms with van der Waals surface area (Å²) in [6.07, 6.45) is 3.66. The van der Waals surface area contributed by atoms with Gasteiger partial charge in [-0.05, 0) is 50.5 Å². The van der Waals surface area contributed by atoms with E-state index < -0.39 is 0 Å². The van der Waals surface area contributed by atoms with Crippen LogP contribution in [0.2, 0.25) is 0 Å². The van der Waals surface area contributed by atoms with Crippen LogP contribution in [-0.2, 0) is 4.74 Å². The summed E-state index contributed by atoms with van der Waals surface area (Å²) in [5.41, 5.74) is 1.28. The average Bonchev–Trinajstić information content (AvgIpc) is 2.85. The van der Waals surface area contributed by atoms with Crippen LogP contribution in [0.5, 0.6) is 0 Å². The maximum Gasteiger partial charge on any atom is 0.232 e. The smallest absolute Gasteiger partial charge is 0.232 e. The van der Waals surface area contributed by atoms with Gasteiger partial charge in [0.2, 0.25) is 5.95 Å². The highest BCUT2D eigenvalue weighted by atomic mass is 32.1. The number of nitrogens with one attached hydrogen (secondary N) is 2. The van der Waals surface area contributed by atoms with Crippen molar-refractivity contribution in [2.45, 2.75) is 32.2 Å². The lowest BCUT2D eigenvalue weighted by atomic mass is 10.0. The Hall–Kier alpha value is -2.65. The first-order valence-corrected chi connectivity index (χ1v) is 12.3. The molecule has 2 N–H and O–H groups in total. The van der Waals surface area contributed by atoms with E-state index in [0.29, 0.717) is 30.3 Å². The molecule has 4 rings (SSSR count). The van der Waals surface area contributed by atoms with Gasteiger partial charge in [-0.1, -0.05) is 18.2 Å². The first-order chi connectivity index (χ1) is 16.1. The molecule has 0 radical (unpaired) electrons. The van der Waals surface area contributed by atoms with Crippen molar-refractivity contribution in [1.82, 2.24) is 15.3 Å². The van der Waals surface area contributed by atoms with E-state index in [4.69, 9.17) is 26.9 Å². The van der Waals surface area contributed by atoms with E-state index in [1.54, 1.807) is 7.11 Å². The monoisotopic (exact) mass is 469 g/mol. The van der Waals surface area contributed by atoms with Crippen LogP contribution < -0.4 is 25.3 Å². The van der Waals surface area contributed by atoms with Gasteiger partial charge in [-0.15, -0.1) is 0 Å². The van der Waals surface area contributed by atoms with Crippen molar-refractivity contribution < 1.29 is 4.74 Å². The summed E-state index contributed by atoms with van der Waals surface area (Å²) in [7, 11) is 1.67. The predicted molar refractivity (Wildman–Crippen MR) is 140 cm³/mol. The van der Waals surface area contributed by atoms with E-state index in [9.17, 15) is 0 Å². The third-order valence-electron chi connectivity index (χ3n) is 6.34. The van der Waals surface area contributed by atoms with Gasteiger partial charge in [0.05, 0.1) is 6.61 Å². The summed E-state index contributed by atoms with van der Waals surface area (Å²) in [6.45, 7) is 8.28. The van der Waals surface area contributed by atoms with E-state index >= 15 is 0 Å². The largest absolute Gasteiger partial charge is 0.383 e. The lowest BCUT2D eigenvalue weighted by Gasteiger charge is -2.38. The highest BCUT2D eigenvalue weighted by Gasteiger charge is 2.24. The first kappa shape index (κ1) is 23.5. The van der Waals surface area contributed by atoms with Gasteiger partial charge in [-0.2, -0.15) is 9.97 Å². The molecule has 0 spiro atoms. The van der Waals surface area contributed by atoms with Crippen LogP contribution in [0.3, 0.4) is 0 Å². The zero-order chi connectivity index (χ0) is 23.0. The number of ether oxygens (including phenoxy) is 1. The van der Waals surface area contributed by atoms with E-state index in [-0.39, 0.29) is 0 Å². The molecule has 2 aromatic rings. The minimum absolute atomic E-state index is 0.469. The molecule has 2 aliphatic heterocycles. The predicted octanol–water partition coefficient (Wildman–Crippen LogP) is 3.11. The number of para-hydroxylation sites is 1. The summed E-state index contributed by atoms with van der Waals surface area (Å²) in [5.74, 6) is 2.47. The molecule has 2 fully saturated rings. The zero-order valence-corrected chi connectivity index (χ0v) is 20.5. The molecular formula is C24H35N7OS. The van der Waals surface area contributed by atoms with E-state index in [1.807, 2.05) is 0 Å². The second kappa shape index (κ2) is 11.5. The fourth-order valence-corrected chi connectivity index (χ4v) is 4.66. The van der Waals surface area contributed by atoms with Crippen LogP contribution in [0.25, 0.3) is 0 Å². The summed E-state index contributed by atoms with van der Waals surface area (Å²) in [6, 6.07) is 13.2. The lowest BCUT2D eigenvalue weighted by Crippen LogP contribution is -2.47.